The van der Waals surface area contributed by atoms with Crippen molar-refractivity contribution < 1.29 is 19.4 Å². The minimum atomic E-state index is 0.00345. The van der Waals surface area contributed by atoms with Crippen molar-refractivity contribution in [2.45, 2.75) is 72.3 Å². The highest BCUT2D eigenvalue weighted by Crippen LogP contribution is 2.28. The Morgan fingerprint density at radius 3 is 2.67 bits per heavy atom. The fourth-order valence-electron chi connectivity index (χ4n) is 4.70. The normalized spacial score (nSPS) is 13.7. The second-order valence-electron chi connectivity index (χ2n) is 10.7. The van der Waals surface area contributed by atoms with Crippen LogP contribution < -0.4 is 15.4 Å². The lowest BCUT2D eigenvalue weighted by Crippen LogP contribution is -2.31. The lowest BCUT2D eigenvalue weighted by atomic mass is 10.1. The molecule has 3 N–H and O–H groups in total. The average Bonchev–Trinajstić information content (AvgIpc) is 3.41. The maximum absolute atomic E-state index is 12.6. The van der Waals surface area contributed by atoms with Gasteiger partial charge in [-0.15, -0.1) is 0 Å². The summed E-state index contributed by atoms with van der Waals surface area (Å²) in [6.45, 7) is 9.39. The number of carbonyl (C=O) groups excluding carboxylic acids is 2. The van der Waals surface area contributed by atoms with Crippen molar-refractivity contribution in [2.24, 2.45) is 5.92 Å². The van der Waals surface area contributed by atoms with E-state index in [-0.39, 0.29) is 17.6 Å². The van der Waals surface area contributed by atoms with Crippen LogP contribution in [0.2, 0.25) is 0 Å². The number of ether oxygens (including phenoxy) is 1. The van der Waals surface area contributed by atoms with Gasteiger partial charge in [-0.2, -0.15) is 0 Å². The van der Waals surface area contributed by atoms with E-state index >= 15 is 0 Å². The number of anilines is 1. The molecule has 1 aliphatic rings. The fourth-order valence-corrected chi connectivity index (χ4v) is 4.70. The number of nitrogens with one attached hydrogen (secondary N) is 2. The first kappa shape index (κ1) is 30.2. The highest BCUT2D eigenvalue weighted by molar-refractivity contribution is 5.93. The molecule has 2 aromatic rings. The molecule has 1 saturated heterocycles. The van der Waals surface area contributed by atoms with Crippen LogP contribution in [0.5, 0.6) is 11.5 Å². The van der Waals surface area contributed by atoms with Crippen LogP contribution in [-0.4, -0.2) is 48.1 Å². The highest BCUT2D eigenvalue weighted by atomic mass is 16.5. The third kappa shape index (κ3) is 10.8. The predicted octanol–water partition coefficient (Wildman–Crippen LogP) is 5.75. The van der Waals surface area contributed by atoms with Gasteiger partial charge in [0.05, 0.1) is 13.2 Å². The van der Waals surface area contributed by atoms with Gasteiger partial charge >= 0.3 is 0 Å². The van der Waals surface area contributed by atoms with Gasteiger partial charge in [-0.1, -0.05) is 50.3 Å². The van der Waals surface area contributed by atoms with Gasteiger partial charge in [-0.3, -0.25) is 14.5 Å². The van der Waals surface area contributed by atoms with E-state index in [9.17, 15) is 14.7 Å². The third-order valence-corrected chi connectivity index (χ3v) is 6.88. The van der Waals surface area contributed by atoms with Crippen LogP contribution >= 0.6 is 0 Å². The molecule has 0 spiro atoms. The molecule has 0 unspecified atom stereocenters. The smallest absolute Gasteiger partial charge is 0.238 e. The number of aryl methyl sites for hydroxylation is 1. The topological polar surface area (TPSA) is 90.9 Å². The molecule has 0 saturated carbocycles. The summed E-state index contributed by atoms with van der Waals surface area (Å²) in [5, 5.41) is 16.4. The Hall–Kier alpha value is -3.32. The van der Waals surface area contributed by atoms with Gasteiger partial charge in [0.25, 0.3) is 0 Å². The van der Waals surface area contributed by atoms with Gasteiger partial charge < -0.3 is 20.5 Å². The number of carbonyl (C=O) groups is 2. The van der Waals surface area contributed by atoms with E-state index in [4.69, 9.17) is 4.74 Å². The molecule has 212 valence electrons. The van der Waals surface area contributed by atoms with E-state index in [1.165, 1.54) is 0 Å². The molecular formula is C32H45N3O4. The van der Waals surface area contributed by atoms with E-state index in [0.717, 1.165) is 67.6 Å². The summed E-state index contributed by atoms with van der Waals surface area (Å²) >= 11 is 0. The van der Waals surface area contributed by atoms with Crippen molar-refractivity contribution >= 4 is 17.5 Å². The van der Waals surface area contributed by atoms with Gasteiger partial charge in [-0.25, -0.2) is 0 Å². The number of benzene rings is 2. The molecular weight excluding hydrogens is 490 g/mol. The number of likely N-dealkylation sites (tertiary alicyclic amines) is 1. The van der Waals surface area contributed by atoms with E-state index in [1.807, 2.05) is 25.1 Å². The highest BCUT2D eigenvalue weighted by Gasteiger charge is 2.17. The van der Waals surface area contributed by atoms with Gasteiger partial charge in [0, 0.05) is 25.1 Å². The SMILES string of the molecule is Cc1cccc(CCOc2cc(CNC(=O)CCCC/C=C/C(C)C)ccc2O)c1NC(=O)CN1CCCC1. The maximum atomic E-state index is 12.6. The van der Waals surface area contributed by atoms with E-state index in [1.54, 1.807) is 18.2 Å². The first-order valence-electron chi connectivity index (χ1n) is 14.3. The molecule has 7 heteroatoms. The maximum Gasteiger partial charge on any atom is 0.238 e. The Morgan fingerprint density at radius 1 is 1.10 bits per heavy atom. The predicted molar refractivity (Wildman–Crippen MR) is 157 cm³/mol. The number of phenols is 1. The monoisotopic (exact) mass is 535 g/mol. The number of para-hydroxylation sites is 1. The molecule has 3 rings (SSSR count). The molecule has 39 heavy (non-hydrogen) atoms. The van der Waals surface area contributed by atoms with Crippen LogP contribution in [0.25, 0.3) is 0 Å². The van der Waals surface area contributed by atoms with Gasteiger partial charge in [0.2, 0.25) is 11.8 Å². The van der Waals surface area contributed by atoms with Gasteiger partial charge in [-0.05, 0) is 86.9 Å². The molecule has 1 aliphatic heterocycles. The summed E-state index contributed by atoms with van der Waals surface area (Å²) in [5.74, 6) is 1.03. The number of phenolic OH excluding ortho intramolecular Hbond substituents is 1. The van der Waals surface area contributed by atoms with Crippen LogP contribution in [0.3, 0.4) is 0 Å². The van der Waals surface area contributed by atoms with Crippen molar-refractivity contribution in [3.63, 3.8) is 0 Å². The standard InChI is InChI=1S/C32H45N3O4/c1-24(2)11-6-4-5-7-14-30(37)33-22-26-15-16-28(36)29(21-26)39-20-17-27-13-10-12-25(3)32(27)34-31(38)23-35-18-8-9-19-35/h6,10-13,15-16,21,24,36H,4-5,7-9,14,17-20,22-23H2,1-3H3,(H,33,37)(H,34,38)/b11-6+. The molecule has 2 amide bonds. The lowest BCUT2D eigenvalue weighted by Gasteiger charge is -2.18. The second kappa shape index (κ2) is 15.9. The minimum absolute atomic E-state index is 0.00345. The summed E-state index contributed by atoms with van der Waals surface area (Å²) < 4.78 is 5.92. The number of amides is 2. The first-order chi connectivity index (χ1) is 18.8. The number of aromatic hydroxyl groups is 1. The lowest BCUT2D eigenvalue weighted by molar-refractivity contribution is -0.121. The van der Waals surface area contributed by atoms with Crippen LogP contribution in [-0.2, 0) is 22.6 Å². The van der Waals surface area contributed by atoms with Crippen LogP contribution in [0.1, 0.15) is 69.1 Å². The summed E-state index contributed by atoms with van der Waals surface area (Å²) in [5.41, 5.74) is 3.70. The minimum Gasteiger partial charge on any atom is -0.504 e. The molecule has 2 aromatic carbocycles. The molecule has 0 bridgehead atoms. The van der Waals surface area contributed by atoms with Crippen molar-refractivity contribution in [2.75, 3.05) is 31.6 Å². The summed E-state index contributed by atoms with van der Waals surface area (Å²) in [6, 6.07) is 11.1. The summed E-state index contributed by atoms with van der Waals surface area (Å²) in [4.78, 5) is 27.0. The number of rotatable bonds is 15. The van der Waals surface area contributed by atoms with Crippen molar-refractivity contribution in [3.05, 3.63) is 65.2 Å². The molecule has 0 aliphatic carbocycles. The van der Waals surface area contributed by atoms with Gasteiger partial charge in [0.15, 0.2) is 11.5 Å². The number of hydrogen-bond acceptors (Lipinski definition) is 5. The number of nitrogens with zero attached hydrogens (tertiary/aromatic N) is 1. The molecule has 7 nitrogen and oxygen atoms in total. The summed E-state index contributed by atoms with van der Waals surface area (Å²) in [6.07, 6.45) is 10.6. The second-order valence-corrected chi connectivity index (χ2v) is 10.7. The molecule has 0 aromatic heterocycles. The number of hydrogen-bond donors (Lipinski definition) is 3. The zero-order valence-electron chi connectivity index (χ0n) is 23.8. The quantitative estimate of drug-likeness (QED) is 0.200. The molecule has 0 radical (unpaired) electrons. The molecule has 1 fully saturated rings. The van der Waals surface area contributed by atoms with Crippen molar-refractivity contribution in [3.8, 4) is 11.5 Å². The average molecular weight is 536 g/mol. The molecule has 0 atom stereocenters. The Kier molecular flexibility index (Phi) is 12.4. The Morgan fingerprint density at radius 2 is 1.90 bits per heavy atom. The van der Waals surface area contributed by atoms with E-state index in [2.05, 4.69) is 41.5 Å². The Labute approximate surface area is 233 Å². The Bertz CT molecular complexity index is 1110. The zero-order chi connectivity index (χ0) is 28.0. The van der Waals surface area contributed by atoms with E-state index in [0.29, 0.717) is 44.2 Å². The molecule has 1 heterocycles. The number of allylic oxidation sites excluding steroid dienone is 2. The number of unbranched alkanes of at least 4 members (excludes halogenated alkanes) is 2. The summed E-state index contributed by atoms with van der Waals surface area (Å²) in [7, 11) is 0. The Balaban J connectivity index is 1.46. The van der Waals surface area contributed by atoms with Gasteiger partial charge in [0.1, 0.15) is 0 Å². The zero-order valence-corrected chi connectivity index (χ0v) is 23.8. The fraction of sp³-hybridized carbons (Fsp3) is 0.500. The first-order valence-corrected chi connectivity index (χ1v) is 14.3. The largest absolute Gasteiger partial charge is 0.504 e. The van der Waals surface area contributed by atoms with Crippen molar-refractivity contribution in [1.29, 1.82) is 0 Å². The van der Waals surface area contributed by atoms with Crippen LogP contribution in [0.4, 0.5) is 5.69 Å². The van der Waals surface area contributed by atoms with Crippen LogP contribution in [0.15, 0.2) is 48.6 Å². The van der Waals surface area contributed by atoms with Crippen LogP contribution in [0, 0.1) is 12.8 Å². The van der Waals surface area contributed by atoms with Crippen molar-refractivity contribution in [1.82, 2.24) is 10.2 Å². The third-order valence-electron chi connectivity index (χ3n) is 6.88. The van der Waals surface area contributed by atoms with E-state index < -0.39 is 0 Å².